The molecular weight excluding hydrogens is 242 g/mol. The molecule has 1 amide bonds. The summed E-state index contributed by atoms with van der Waals surface area (Å²) >= 11 is 0. The highest BCUT2D eigenvalue weighted by Gasteiger charge is 2.22. The van der Waals surface area contributed by atoms with Gasteiger partial charge in [-0.3, -0.25) is 4.79 Å². The first-order valence-electron chi connectivity index (χ1n) is 5.81. The smallest absolute Gasteiger partial charge is 0.255 e. The summed E-state index contributed by atoms with van der Waals surface area (Å²) in [6, 6.07) is 10.3. The molecule has 2 rings (SSSR count). The Morgan fingerprint density at radius 3 is 2.79 bits per heavy atom. The predicted octanol–water partition coefficient (Wildman–Crippen LogP) is 2.38. The molecule has 1 unspecified atom stereocenters. The van der Waals surface area contributed by atoms with E-state index in [2.05, 4.69) is 5.16 Å². The van der Waals surface area contributed by atoms with Crippen LogP contribution >= 0.6 is 0 Å². The summed E-state index contributed by atoms with van der Waals surface area (Å²) < 4.78 is 4.78. The van der Waals surface area contributed by atoms with Crippen molar-refractivity contribution in [3.05, 3.63) is 53.4 Å². The molecule has 0 saturated carbocycles. The first-order chi connectivity index (χ1) is 9.15. The van der Waals surface area contributed by atoms with Crippen LogP contribution in [-0.4, -0.2) is 23.0 Å². The number of carbonyl (C=O) groups is 1. The molecule has 0 saturated heterocycles. The Morgan fingerprint density at radius 2 is 2.16 bits per heavy atom. The van der Waals surface area contributed by atoms with Crippen molar-refractivity contribution < 1.29 is 9.32 Å². The maximum Gasteiger partial charge on any atom is 0.255 e. The Kier molecular flexibility index (Phi) is 3.62. The summed E-state index contributed by atoms with van der Waals surface area (Å²) in [6.07, 6.45) is 1.47. The molecule has 0 bridgehead atoms. The van der Waals surface area contributed by atoms with Crippen LogP contribution in [0.3, 0.4) is 0 Å². The molecule has 2 aromatic rings. The van der Waals surface area contributed by atoms with Gasteiger partial charge < -0.3 is 9.42 Å². The standard InChI is InChI=1S/C14H13N3O2/c1-10(13-7-8-19-16-13)17(2)14(18)12-6-4-3-5-11(12)9-15/h3-8,10H,1-2H3. The summed E-state index contributed by atoms with van der Waals surface area (Å²) in [5.41, 5.74) is 1.43. The van der Waals surface area contributed by atoms with E-state index in [-0.39, 0.29) is 11.9 Å². The molecular formula is C14H13N3O2. The third kappa shape index (κ3) is 2.47. The van der Waals surface area contributed by atoms with Gasteiger partial charge in [-0.15, -0.1) is 0 Å². The second kappa shape index (κ2) is 5.36. The van der Waals surface area contributed by atoms with Gasteiger partial charge in [0.1, 0.15) is 12.0 Å². The molecule has 96 valence electrons. The number of benzene rings is 1. The fourth-order valence-electron chi connectivity index (χ4n) is 1.77. The van der Waals surface area contributed by atoms with Crippen LogP contribution < -0.4 is 0 Å². The number of hydrogen-bond donors (Lipinski definition) is 0. The van der Waals surface area contributed by atoms with Crippen LogP contribution in [0.1, 0.15) is 34.6 Å². The van der Waals surface area contributed by atoms with Gasteiger partial charge in [0, 0.05) is 13.1 Å². The number of amides is 1. The number of aromatic nitrogens is 1. The Morgan fingerprint density at radius 1 is 1.42 bits per heavy atom. The quantitative estimate of drug-likeness (QED) is 0.844. The van der Waals surface area contributed by atoms with E-state index in [0.29, 0.717) is 16.8 Å². The molecule has 5 nitrogen and oxygen atoms in total. The summed E-state index contributed by atoms with van der Waals surface area (Å²) in [7, 11) is 1.68. The van der Waals surface area contributed by atoms with E-state index in [9.17, 15) is 4.79 Å². The SMILES string of the molecule is CC(c1ccon1)N(C)C(=O)c1ccccc1C#N. The molecule has 5 heteroatoms. The lowest BCUT2D eigenvalue weighted by Crippen LogP contribution is -2.30. The van der Waals surface area contributed by atoms with Crippen molar-refractivity contribution in [2.24, 2.45) is 0 Å². The second-order valence-electron chi connectivity index (χ2n) is 4.17. The highest BCUT2D eigenvalue weighted by Crippen LogP contribution is 2.20. The van der Waals surface area contributed by atoms with E-state index >= 15 is 0 Å². The van der Waals surface area contributed by atoms with E-state index in [0.717, 1.165) is 0 Å². The molecule has 1 aromatic heterocycles. The van der Waals surface area contributed by atoms with Crippen LogP contribution in [0.25, 0.3) is 0 Å². The van der Waals surface area contributed by atoms with Gasteiger partial charge in [-0.25, -0.2) is 0 Å². The summed E-state index contributed by atoms with van der Waals surface area (Å²) in [5, 5.41) is 12.8. The van der Waals surface area contributed by atoms with Crippen molar-refractivity contribution in [2.75, 3.05) is 7.05 Å². The molecule has 1 heterocycles. The van der Waals surface area contributed by atoms with Crippen molar-refractivity contribution in [1.29, 1.82) is 5.26 Å². The molecule has 0 spiro atoms. The molecule has 0 aliphatic carbocycles. The average molecular weight is 255 g/mol. The summed E-state index contributed by atoms with van der Waals surface area (Å²) in [5.74, 6) is -0.215. The molecule has 0 aliphatic heterocycles. The van der Waals surface area contributed by atoms with Gasteiger partial charge in [0.15, 0.2) is 0 Å². The van der Waals surface area contributed by atoms with Gasteiger partial charge >= 0.3 is 0 Å². The topological polar surface area (TPSA) is 70.1 Å². The van der Waals surface area contributed by atoms with Crippen molar-refractivity contribution in [3.63, 3.8) is 0 Å². The van der Waals surface area contributed by atoms with Gasteiger partial charge in [-0.05, 0) is 19.1 Å². The molecule has 0 radical (unpaired) electrons. The maximum atomic E-state index is 12.4. The lowest BCUT2D eigenvalue weighted by molar-refractivity contribution is 0.0737. The first kappa shape index (κ1) is 12.8. The highest BCUT2D eigenvalue weighted by atomic mass is 16.5. The minimum Gasteiger partial charge on any atom is -0.364 e. The minimum absolute atomic E-state index is 0.215. The Bertz CT molecular complexity index is 614. The van der Waals surface area contributed by atoms with Crippen LogP contribution in [0, 0.1) is 11.3 Å². The number of rotatable bonds is 3. The fraction of sp³-hybridized carbons (Fsp3) is 0.214. The normalized spacial score (nSPS) is 11.6. The summed E-state index contributed by atoms with van der Waals surface area (Å²) in [6.45, 7) is 1.85. The third-order valence-corrected chi connectivity index (χ3v) is 3.07. The van der Waals surface area contributed by atoms with E-state index in [1.807, 2.05) is 13.0 Å². The molecule has 0 fully saturated rings. The Labute approximate surface area is 111 Å². The van der Waals surface area contributed by atoms with Crippen molar-refractivity contribution in [2.45, 2.75) is 13.0 Å². The monoisotopic (exact) mass is 255 g/mol. The summed E-state index contributed by atoms with van der Waals surface area (Å²) in [4.78, 5) is 13.9. The van der Waals surface area contributed by atoms with Crippen LogP contribution in [0.2, 0.25) is 0 Å². The molecule has 0 N–H and O–H groups in total. The van der Waals surface area contributed by atoms with E-state index in [4.69, 9.17) is 9.78 Å². The third-order valence-electron chi connectivity index (χ3n) is 3.07. The van der Waals surface area contributed by atoms with Crippen LogP contribution in [0.5, 0.6) is 0 Å². The zero-order chi connectivity index (χ0) is 13.8. The molecule has 0 aliphatic rings. The van der Waals surface area contributed by atoms with Gasteiger partial charge in [0.2, 0.25) is 0 Å². The van der Waals surface area contributed by atoms with E-state index < -0.39 is 0 Å². The Hall–Kier alpha value is -2.61. The molecule has 1 atom stereocenters. The zero-order valence-electron chi connectivity index (χ0n) is 10.7. The number of nitriles is 1. The van der Waals surface area contributed by atoms with Crippen molar-refractivity contribution in [3.8, 4) is 6.07 Å². The van der Waals surface area contributed by atoms with Crippen molar-refractivity contribution >= 4 is 5.91 Å². The second-order valence-corrected chi connectivity index (χ2v) is 4.17. The largest absolute Gasteiger partial charge is 0.364 e. The first-order valence-corrected chi connectivity index (χ1v) is 5.81. The van der Waals surface area contributed by atoms with Crippen LogP contribution in [-0.2, 0) is 0 Å². The van der Waals surface area contributed by atoms with E-state index in [1.54, 1.807) is 37.4 Å². The number of hydrogen-bond acceptors (Lipinski definition) is 4. The van der Waals surface area contributed by atoms with Gasteiger partial charge in [0.05, 0.1) is 23.2 Å². The molecule has 19 heavy (non-hydrogen) atoms. The lowest BCUT2D eigenvalue weighted by atomic mass is 10.1. The molecule has 1 aromatic carbocycles. The fourth-order valence-corrected chi connectivity index (χ4v) is 1.77. The highest BCUT2D eigenvalue weighted by molar-refractivity contribution is 5.96. The van der Waals surface area contributed by atoms with Crippen molar-refractivity contribution in [1.82, 2.24) is 10.1 Å². The lowest BCUT2D eigenvalue weighted by Gasteiger charge is -2.23. The van der Waals surface area contributed by atoms with E-state index in [1.165, 1.54) is 11.2 Å². The Balaban J connectivity index is 2.27. The van der Waals surface area contributed by atoms with Crippen LogP contribution in [0.15, 0.2) is 41.1 Å². The average Bonchev–Trinajstić information content (AvgIpc) is 2.99. The maximum absolute atomic E-state index is 12.4. The number of carbonyl (C=O) groups excluding carboxylic acids is 1. The van der Waals surface area contributed by atoms with Crippen LogP contribution in [0.4, 0.5) is 0 Å². The zero-order valence-corrected chi connectivity index (χ0v) is 10.7. The minimum atomic E-state index is -0.224. The van der Waals surface area contributed by atoms with Gasteiger partial charge in [0.25, 0.3) is 5.91 Å². The van der Waals surface area contributed by atoms with Gasteiger partial charge in [-0.1, -0.05) is 17.3 Å². The number of nitrogens with zero attached hydrogens (tertiary/aromatic N) is 3. The predicted molar refractivity (Wildman–Crippen MR) is 68.2 cm³/mol. The van der Waals surface area contributed by atoms with Gasteiger partial charge in [-0.2, -0.15) is 5.26 Å².